The van der Waals surface area contributed by atoms with Gasteiger partial charge in [0.15, 0.2) is 0 Å². The Morgan fingerprint density at radius 1 is 1.40 bits per heavy atom. The van der Waals surface area contributed by atoms with E-state index in [4.69, 9.17) is 14.2 Å². The maximum Gasteiger partial charge on any atom is 0.271 e. The summed E-state index contributed by atoms with van der Waals surface area (Å²) in [5, 5.41) is 0.816. The van der Waals surface area contributed by atoms with Crippen LogP contribution in [0.15, 0.2) is 0 Å². The van der Waals surface area contributed by atoms with Crippen LogP contribution in [0.2, 0.25) is 0 Å². The van der Waals surface area contributed by atoms with Crippen molar-refractivity contribution >= 4 is 15.9 Å². The Balaban J connectivity index is 2.02. The van der Waals surface area contributed by atoms with Crippen molar-refractivity contribution in [1.82, 2.24) is 0 Å². The van der Waals surface area contributed by atoms with Gasteiger partial charge in [0.1, 0.15) is 0 Å². The lowest BCUT2D eigenvalue weighted by molar-refractivity contribution is -0.307. The van der Waals surface area contributed by atoms with Gasteiger partial charge < -0.3 is 14.2 Å². The van der Waals surface area contributed by atoms with Crippen LogP contribution < -0.4 is 0 Å². The molecule has 0 aromatic heterocycles. The summed E-state index contributed by atoms with van der Waals surface area (Å²) in [6.07, 6.45) is 0.966. The van der Waals surface area contributed by atoms with Gasteiger partial charge in [-0.15, -0.1) is 0 Å². The predicted octanol–water partition coefficient (Wildman–Crippen LogP) is 1.12. The van der Waals surface area contributed by atoms with E-state index in [1.165, 1.54) is 0 Å². The van der Waals surface area contributed by atoms with Crippen molar-refractivity contribution in [3.05, 3.63) is 0 Å². The van der Waals surface area contributed by atoms with Gasteiger partial charge in [-0.1, -0.05) is 15.9 Å². The smallest absolute Gasteiger partial charge is 0.271 e. The average molecular weight is 211 g/mol. The fraction of sp³-hybridized carbons (Fsp3) is 1.00. The first-order valence-electron chi connectivity index (χ1n) is 3.34. The van der Waals surface area contributed by atoms with Crippen molar-refractivity contribution in [1.29, 1.82) is 0 Å². The maximum atomic E-state index is 5.14. The van der Waals surface area contributed by atoms with E-state index in [0.717, 1.165) is 25.0 Å². The van der Waals surface area contributed by atoms with Crippen molar-refractivity contribution < 1.29 is 14.2 Å². The molecule has 0 atom stereocenters. The van der Waals surface area contributed by atoms with E-state index in [2.05, 4.69) is 15.9 Å². The molecule has 1 saturated heterocycles. The third kappa shape index (κ3) is 2.96. The summed E-state index contributed by atoms with van der Waals surface area (Å²) in [7, 11) is 0. The molecule has 10 heavy (non-hydrogen) atoms. The molecule has 0 aliphatic carbocycles. The maximum absolute atomic E-state index is 5.14. The van der Waals surface area contributed by atoms with Gasteiger partial charge in [0.2, 0.25) is 0 Å². The number of hydrogen-bond donors (Lipinski definition) is 0. The van der Waals surface area contributed by atoms with Crippen LogP contribution in [0.1, 0.15) is 6.42 Å². The quantitative estimate of drug-likeness (QED) is 0.654. The fourth-order valence-electron chi connectivity index (χ4n) is 0.703. The van der Waals surface area contributed by atoms with Gasteiger partial charge in [0, 0.05) is 5.33 Å². The standard InChI is InChI=1S/C6H11BrO3/c7-2-5-10-6-8-3-1-4-9-6/h6H,1-5H2. The molecule has 1 rings (SSSR count). The first-order valence-corrected chi connectivity index (χ1v) is 4.46. The third-order valence-corrected chi connectivity index (χ3v) is 1.45. The van der Waals surface area contributed by atoms with Gasteiger partial charge in [0.25, 0.3) is 6.48 Å². The van der Waals surface area contributed by atoms with Gasteiger partial charge in [-0.25, -0.2) is 0 Å². The van der Waals surface area contributed by atoms with E-state index in [9.17, 15) is 0 Å². The monoisotopic (exact) mass is 210 g/mol. The van der Waals surface area contributed by atoms with E-state index < -0.39 is 6.48 Å². The second-order valence-electron chi connectivity index (χ2n) is 1.94. The van der Waals surface area contributed by atoms with Crippen molar-refractivity contribution in [2.75, 3.05) is 25.2 Å². The van der Waals surface area contributed by atoms with Crippen LogP contribution in [0.3, 0.4) is 0 Å². The predicted molar refractivity (Wildman–Crippen MR) is 40.1 cm³/mol. The third-order valence-electron chi connectivity index (χ3n) is 1.13. The molecule has 1 fully saturated rings. The van der Waals surface area contributed by atoms with E-state index in [1.807, 2.05) is 0 Å². The summed E-state index contributed by atoms with van der Waals surface area (Å²) in [4.78, 5) is 0. The summed E-state index contributed by atoms with van der Waals surface area (Å²) in [5.41, 5.74) is 0. The number of rotatable bonds is 3. The minimum Gasteiger partial charge on any atom is -0.330 e. The van der Waals surface area contributed by atoms with Gasteiger partial charge in [-0.3, -0.25) is 0 Å². The molecular formula is C6H11BrO3. The summed E-state index contributed by atoms with van der Waals surface area (Å²) in [6.45, 7) is 1.69. The molecule has 0 spiro atoms. The molecule has 0 unspecified atom stereocenters. The Bertz CT molecular complexity index is 83.1. The Morgan fingerprint density at radius 3 is 2.70 bits per heavy atom. The van der Waals surface area contributed by atoms with Crippen LogP contribution in [-0.2, 0) is 14.2 Å². The molecule has 60 valence electrons. The van der Waals surface area contributed by atoms with E-state index >= 15 is 0 Å². The summed E-state index contributed by atoms with van der Waals surface area (Å²) in [5.74, 6) is 0. The molecule has 1 heterocycles. The molecule has 0 N–H and O–H groups in total. The highest BCUT2D eigenvalue weighted by atomic mass is 79.9. The number of hydrogen-bond acceptors (Lipinski definition) is 3. The van der Waals surface area contributed by atoms with Crippen molar-refractivity contribution in [3.63, 3.8) is 0 Å². The van der Waals surface area contributed by atoms with Crippen LogP contribution in [-0.4, -0.2) is 31.6 Å². The first-order chi connectivity index (χ1) is 4.93. The molecule has 0 aromatic carbocycles. The van der Waals surface area contributed by atoms with Crippen molar-refractivity contribution in [2.24, 2.45) is 0 Å². The molecule has 4 heteroatoms. The molecule has 0 bridgehead atoms. The Kier molecular flexibility index (Phi) is 4.29. The second-order valence-corrected chi connectivity index (χ2v) is 2.74. The van der Waals surface area contributed by atoms with Gasteiger partial charge in [-0.2, -0.15) is 0 Å². The highest BCUT2D eigenvalue weighted by molar-refractivity contribution is 9.09. The van der Waals surface area contributed by atoms with Gasteiger partial charge >= 0.3 is 0 Å². The van der Waals surface area contributed by atoms with Crippen LogP contribution in [0, 0.1) is 0 Å². The molecule has 0 saturated carbocycles. The average Bonchev–Trinajstić information content (AvgIpc) is 2.03. The van der Waals surface area contributed by atoms with E-state index in [0.29, 0.717) is 6.61 Å². The summed E-state index contributed by atoms with van der Waals surface area (Å²) < 4.78 is 15.4. The largest absolute Gasteiger partial charge is 0.330 e. The molecular weight excluding hydrogens is 200 g/mol. The molecule has 0 amide bonds. The molecule has 1 aliphatic heterocycles. The highest BCUT2D eigenvalue weighted by Crippen LogP contribution is 2.05. The topological polar surface area (TPSA) is 27.7 Å². The highest BCUT2D eigenvalue weighted by Gasteiger charge is 2.13. The van der Waals surface area contributed by atoms with Crippen LogP contribution in [0.25, 0.3) is 0 Å². The number of ether oxygens (including phenoxy) is 3. The molecule has 0 aromatic rings. The zero-order valence-corrected chi connectivity index (χ0v) is 7.30. The molecule has 3 nitrogen and oxygen atoms in total. The van der Waals surface area contributed by atoms with Gasteiger partial charge in [0.05, 0.1) is 19.8 Å². The van der Waals surface area contributed by atoms with Gasteiger partial charge in [-0.05, 0) is 6.42 Å². The van der Waals surface area contributed by atoms with Crippen molar-refractivity contribution in [2.45, 2.75) is 12.9 Å². The summed E-state index contributed by atoms with van der Waals surface area (Å²) in [6, 6.07) is 0. The lowest BCUT2D eigenvalue weighted by Gasteiger charge is -2.22. The zero-order valence-electron chi connectivity index (χ0n) is 5.72. The minimum atomic E-state index is -0.425. The lowest BCUT2D eigenvalue weighted by atomic mass is 10.5. The second kappa shape index (κ2) is 5.07. The van der Waals surface area contributed by atoms with Crippen LogP contribution in [0.5, 0.6) is 0 Å². The Hall–Kier alpha value is 0.360. The molecule has 0 radical (unpaired) electrons. The Morgan fingerprint density at radius 2 is 2.10 bits per heavy atom. The summed E-state index contributed by atoms with van der Waals surface area (Å²) >= 11 is 3.24. The van der Waals surface area contributed by atoms with Crippen molar-refractivity contribution in [3.8, 4) is 0 Å². The zero-order chi connectivity index (χ0) is 7.23. The lowest BCUT2D eigenvalue weighted by Crippen LogP contribution is -2.28. The normalized spacial score (nSPS) is 21.3. The fourth-order valence-corrected chi connectivity index (χ4v) is 0.890. The first kappa shape index (κ1) is 8.46. The molecule has 1 aliphatic rings. The number of halogens is 1. The van der Waals surface area contributed by atoms with E-state index in [-0.39, 0.29) is 0 Å². The Labute approximate surface area is 68.8 Å². The SMILES string of the molecule is BrCCOC1OCCCO1. The minimum absolute atomic E-state index is 0.425. The number of alkyl halides is 1. The van der Waals surface area contributed by atoms with Crippen LogP contribution >= 0.6 is 15.9 Å². The van der Waals surface area contributed by atoms with Crippen LogP contribution in [0.4, 0.5) is 0 Å². The van der Waals surface area contributed by atoms with E-state index in [1.54, 1.807) is 0 Å².